The lowest BCUT2D eigenvalue weighted by Crippen LogP contribution is -2.25. The highest BCUT2D eigenvalue weighted by Crippen LogP contribution is 2.34. The van der Waals surface area contributed by atoms with Gasteiger partial charge in [0.2, 0.25) is 0 Å². The van der Waals surface area contributed by atoms with Crippen molar-refractivity contribution in [1.82, 2.24) is 4.57 Å². The molecule has 4 N–H and O–H groups in total. The number of carbonyl (C=O) groups is 3. The van der Waals surface area contributed by atoms with E-state index in [2.05, 4.69) is 0 Å². The summed E-state index contributed by atoms with van der Waals surface area (Å²) < 4.78 is 0.917. The first-order valence-corrected chi connectivity index (χ1v) is 8.29. The summed E-state index contributed by atoms with van der Waals surface area (Å²) in [7, 11) is 0. The van der Waals surface area contributed by atoms with Crippen LogP contribution in [0.4, 0.5) is 4.79 Å². The molecule has 0 saturated heterocycles. The summed E-state index contributed by atoms with van der Waals surface area (Å²) in [6.07, 6.45) is 3.09. The van der Waals surface area contributed by atoms with E-state index in [1.165, 1.54) is 24.4 Å². The van der Waals surface area contributed by atoms with E-state index in [4.69, 9.17) is 5.73 Å². The summed E-state index contributed by atoms with van der Waals surface area (Å²) in [6.45, 7) is 0.600. The number of hydrogen-bond donors (Lipinski definition) is 3. The number of aromatic nitrogens is 1. The minimum atomic E-state index is -1.25. The van der Waals surface area contributed by atoms with Crippen molar-refractivity contribution in [2.45, 2.75) is 25.7 Å². The minimum Gasteiger partial charge on any atom is -0.478 e. The number of aromatic carboxylic acids is 1. The van der Waals surface area contributed by atoms with E-state index >= 15 is 0 Å². The molecule has 2 aromatic rings. The Kier molecular flexibility index (Phi) is 4.59. The van der Waals surface area contributed by atoms with Gasteiger partial charge in [-0.05, 0) is 50.3 Å². The van der Waals surface area contributed by atoms with Crippen LogP contribution in [0.1, 0.15) is 46.4 Å². The molecule has 0 atom stereocenters. The van der Waals surface area contributed by atoms with Crippen molar-refractivity contribution in [3.8, 4) is 0 Å². The molecule has 3 rings (SSSR count). The summed E-state index contributed by atoms with van der Waals surface area (Å²) in [5.74, 6) is -1.18. The van der Waals surface area contributed by atoms with E-state index in [1.54, 1.807) is 0 Å². The minimum absolute atomic E-state index is 0.0588. The zero-order valence-electron chi connectivity index (χ0n) is 13.6. The van der Waals surface area contributed by atoms with Crippen molar-refractivity contribution in [2.75, 3.05) is 6.54 Å². The predicted octanol–water partition coefficient (Wildman–Crippen LogP) is 2.81. The van der Waals surface area contributed by atoms with Crippen LogP contribution in [0.3, 0.4) is 0 Å². The first-order valence-electron chi connectivity index (χ1n) is 8.29. The molecule has 132 valence electrons. The van der Waals surface area contributed by atoms with E-state index in [1.807, 2.05) is 0 Å². The number of fused-ring (bicyclic) bond motifs is 1. The quantitative estimate of drug-likeness (QED) is 0.733. The van der Waals surface area contributed by atoms with Gasteiger partial charge in [0.05, 0.1) is 11.1 Å². The largest absolute Gasteiger partial charge is 0.478 e. The van der Waals surface area contributed by atoms with Crippen molar-refractivity contribution in [1.29, 1.82) is 0 Å². The summed E-state index contributed by atoms with van der Waals surface area (Å²) in [4.78, 5) is 36.0. The van der Waals surface area contributed by atoms with Crippen molar-refractivity contribution >= 4 is 28.7 Å². The fourth-order valence-corrected chi connectivity index (χ4v) is 3.69. The van der Waals surface area contributed by atoms with E-state index in [-0.39, 0.29) is 33.7 Å². The third-order valence-electron chi connectivity index (χ3n) is 5.08. The fraction of sp³-hybridized carbons (Fsp3) is 0.389. The second-order valence-corrected chi connectivity index (χ2v) is 6.52. The van der Waals surface area contributed by atoms with Gasteiger partial charge in [-0.15, -0.1) is 0 Å². The third kappa shape index (κ3) is 3.02. The lowest BCUT2D eigenvalue weighted by molar-refractivity contribution is 0.0699. The summed E-state index contributed by atoms with van der Waals surface area (Å²) in [5, 5.41) is 19.0. The average Bonchev–Trinajstić information content (AvgIpc) is 3.01. The Balaban J connectivity index is 2.08. The third-order valence-corrected chi connectivity index (χ3v) is 5.08. The van der Waals surface area contributed by atoms with Crippen LogP contribution >= 0.6 is 0 Å². The van der Waals surface area contributed by atoms with Gasteiger partial charge in [0.25, 0.3) is 0 Å². The first kappa shape index (κ1) is 17.2. The van der Waals surface area contributed by atoms with Gasteiger partial charge in [0.1, 0.15) is 0 Å². The second-order valence-electron chi connectivity index (χ2n) is 6.52. The standard InChI is InChI=1S/C18H20N2O5/c19-8-10-4-6-11(7-5-10)16(21)13-9-20(18(24)25)14-3-1-2-12(15(13)14)17(22)23/h1-3,9-11H,4-8,19H2,(H,22,23)(H,24,25). The lowest BCUT2D eigenvalue weighted by Gasteiger charge is -2.26. The highest BCUT2D eigenvalue weighted by molar-refractivity contribution is 6.16. The van der Waals surface area contributed by atoms with Gasteiger partial charge >= 0.3 is 12.1 Å². The topological polar surface area (TPSA) is 123 Å². The van der Waals surface area contributed by atoms with Crippen LogP contribution in [0.15, 0.2) is 24.4 Å². The predicted molar refractivity (Wildman–Crippen MR) is 91.2 cm³/mol. The van der Waals surface area contributed by atoms with Crippen molar-refractivity contribution in [3.05, 3.63) is 35.5 Å². The smallest absolute Gasteiger partial charge is 0.416 e. The van der Waals surface area contributed by atoms with Crippen LogP contribution in [-0.4, -0.2) is 39.2 Å². The molecule has 25 heavy (non-hydrogen) atoms. The molecule has 1 aliphatic carbocycles. The number of carbonyl (C=O) groups excluding carboxylic acids is 1. The van der Waals surface area contributed by atoms with E-state index in [0.29, 0.717) is 25.3 Å². The number of ketones is 1. The van der Waals surface area contributed by atoms with Crippen LogP contribution in [0.25, 0.3) is 10.9 Å². The van der Waals surface area contributed by atoms with E-state index < -0.39 is 12.1 Å². The molecule has 1 fully saturated rings. The molecule has 0 aliphatic heterocycles. The Hall–Kier alpha value is -2.67. The molecule has 7 nitrogen and oxygen atoms in total. The number of hydrogen-bond acceptors (Lipinski definition) is 4. The van der Waals surface area contributed by atoms with Crippen LogP contribution < -0.4 is 5.73 Å². The molecule has 7 heteroatoms. The van der Waals surface area contributed by atoms with Crippen LogP contribution in [0.5, 0.6) is 0 Å². The Morgan fingerprint density at radius 1 is 1.08 bits per heavy atom. The summed E-state index contributed by atoms with van der Waals surface area (Å²) >= 11 is 0. The van der Waals surface area contributed by atoms with Gasteiger partial charge in [0.15, 0.2) is 5.78 Å². The van der Waals surface area contributed by atoms with Gasteiger partial charge in [-0.25, -0.2) is 9.59 Å². The fourth-order valence-electron chi connectivity index (χ4n) is 3.69. The van der Waals surface area contributed by atoms with E-state index in [0.717, 1.165) is 17.4 Å². The molecule has 1 aromatic heterocycles. The number of carboxylic acids is 1. The summed E-state index contributed by atoms with van der Waals surface area (Å²) in [5.41, 5.74) is 6.01. The molecule has 0 unspecified atom stereocenters. The Morgan fingerprint density at radius 3 is 2.32 bits per heavy atom. The average molecular weight is 344 g/mol. The lowest BCUT2D eigenvalue weighted by atomic mass is 9.78. The molecule has 0 bridgehead atoms. The Morgan fingerprint density at radius 2 is 1.76 bits per heavy atom. The molecule has 0 spiro atoms. The molecule has 0 radical (unpaired) electrons. The van der Waals surface area contributed by atoms with Gasteiger partial charge in [-0.3, -0.25) is 9.36 Å². The number of nitrogens with zero attached hydrogens (tertiary/aromatic N) is 1. The molecular weight excluding hydrogens is 324 g/mol. The van der Waals surface area contributed by atoms with Gasteiger partial charge in [-0.1, -0.05) is 6.07 Å². The van der Waals surface area contributed by atoms with Crippen LogP contribution in [-0.2, 0) is 0 Å². The van der Waals surface area contributed by atoms with Gasteiger partial charge in [0, 0.05) is 23.1 Å². The van der Waals surface area contributed by atoms with Gasteiger partial charge in [-0.2, -0.15) is 0 Å². The maximum Gasteiger partial charge on any atom is 0.416 e. The van der Waals surface area contributed by atoms with Crippen LogP contribution in [0, 0.1) is 11.8 Å². The molecule has 1 aromatic carbocycles. The van der Waals surface area contributed by atoms with Crippen molar-refractivity contribution < 1.29 is 24.6 Å². The number of nitrogens with two attached hydrogens (primary N) is 1. The first-order chi connectivity index (χ1) is 11.9. The molecule has 1 aliphatic rings. The normalized spacial score (nSPS) is 20.5. The Labute approximate surface area is 144 Å². The maximum absolute atomic E-state index is 13.0. The number of benzene rings is 1. The van der Waals surface area contributed by atoms with E-state index in [9.17, 15) is 24.6 Å². The summed E-state index contributed by atoms with van der Waals surface area (Å²) in [6, 6.07) is 4.38. The number of carboxylic acid groups (broad SMARTS) is 2. The number of Topliss-reactive ketones (excluding diaryl/α,β-unsaturated/α-hetero) is 1. The zero-order chi connectivity index (χ0) is 18.1. The highest BCUT2D eigenvalue weighted by Gasteiger charge is 2.30. The number of rotatable bonds is 4. The molecule has 0 amide bonds. The molecule has 1 heterocycles. The molecule has 1 saturated carbocycles. The molecular formula is C18H20N2O5. The van der Waals surface area contributed by atoms with Crippen molar-refractivity contribution in [3.63, 3.8) is 0 Å². The van der Waals surface area contributed by atoms with Crippen LogP contribution in [0.2, 0.25) is 0 Å². The second kappa shape index (κ2) is 6.68. The van der Waals surface area contributed by atoms with Crippen molar-refractivity contribution in [2.24, 2.45) is 17.6 Å². The maximum atomic E-state index is 13.0. The SMILES string of the molecule is NCC1CCC(C(=O)c2cn(C(=O)O)c3cccc(C(=O)O)c23)CC1. The monoisotopic (exact) mass is 344 g/mol. The highest BCUT2D eigenvalue weighted by atomic mass is 16.4. The Bertz CT molecular complexity index is 847. The van der Waals surface area contributed by atoms with Gasteiger partial charge < -0.3 is 15.9 Å². The zero-order valence-corrected chi connectivity index (χ0v) is 13.6.